The van der Waals surface area contributed by atoms with Crippen molar-refractivity contribution in [2.75, 3.05) is 56.7 Å². The molecule has 1 aromatic heterocycles. The van der Waals surface area contributed by atoms with Gasteiger partial charge in [0, 0.05) is 36.3 Å². The van der Waals surface area contributed by atoms with Gasteiger partial charge in [-0.2, -0.15) is 15.2 Å². The molecule has 0 unspecified atom stereocenters. The van der Waals surface area contributed by atoms with E-state index in [0.29, 0.717) is 25.2 Å². The van der Waals surface area contributed by atoms with Gasteiger partial charge in [-0.25, -0.2) is 0 Å². The highest BCUT2D eigenvalue weighted by Gasteiger charge is 2.34. The fourth-order valence-electron chi connectivity index (χ4n) is 5.81. The summed E-state index contributed by atoms with van der Waals surface area (Å²) in [5, 5.41) is 12.2. The Labute approximate surface area is 223 Å². The molecule has 4 heterocycles. The van der Waals surface area contributed by atoms with Gasteiger partial charge in [0.15, 0.2) is 6.19 Å². The predicted octanol–water partition coefficient (Wildman–Crippen LogP) is 3.92. The van der Waals surface area contributed by atoms with Gasteiger partial charge >= 0.3 is 6.01 Å². The van der Waals surface area contributed by atoms with Crippen LogP contribution in [-0.4, -0.2) is 78.7 Å². The maximum atomic E-state index is 9.21. The Morgan fingerprint density at radius 1 is 1.16 bits per heavy atom. The molecule has 8 nitrogen and oxygen atoms in total. The van der Waals surface area contributed by atoms with Crippen LogP contribution in [0.1, 0.15) is 24.1 Å². The van der Waals surface area contributed by atoms with Crippen molar-refractivity contribution in [2.24, 2.45) is 0 Å². The quantitative estimate of drug-likeness (QED) is 0.456. The Balaban J connectivity index is 1.33. The van der Waals surface area contributed by atoms with Crippen LogP contribution in [0.2, 0.25) is 5.02 Å². The standard InChI is InChI=1S/C28H32ClN7O/c1-33-12-5-8-20(33)17-37-28-31-24-16-36(25-10-4-7-19-6-3-9-23(29)26(19)25)13-11-22(24)27(32-28)34(2)21-14-35(15-21)18-30/h3-4,6-7,9-10,20-21H,5,8,11-17H2,1-2H3/t20-/m0/s1. The minimum absolute atomic E-state index is 0.252. The molecular formula is C28H32ClN7O. The van der Waals surface area contributed by atoms with Gasteiger partial charge in [-0.1, -0.05) is 35.9 Å². The fraction of sp³-hybridized carbons (Fsp3) is 0.464. The molecule has 0 saturated carbocycles. The molecule has 0 amide bonds. The maximum Gasteiger partial charge on any atom is 0.318 e. The Morgan fingerprint density at radius 2 is 1.97 bits per heavy atom. The molecule has 9 heteroatoms. The molecule has 1 atom stereocenters. The summed E-state index contributed by atoms with van der Waals surface area (Å²) in [5.74, 6) is 0.929. The maximum absolute atomic E-state index is 9.21. The molecule has 0 N–H and O–H groups in total. The number of likely N-dealkylation sites (tertiary alicyclic amines) is 2. The van der Waals surface area contributed by atoms with Crippen molar-refractivity contribution in [1.29, 1.82) is 5.26 Å². The lowest BCUT2D eigenvalue weighted by atomic mass is 10.0. The van der Waals surface area contributed by atoms with E-state index in [-0.39, 0.29) is 6.04 Å². The molecule has 37 heavy (non-hydrogen) atoms. The van der Waals surface area contributed by atoms with Crippen LogP contribution in [0.4, 0.5) is 11.5 Å². The number of rotatable bonds is 6. The second-order valence-corrected chi connectivity index (χ2v) is 10.8. The number of benzene rings is 2. The van der Waals surface area contributed by atoms with Gasteiger partial charge in [-0.05, 0) is 50.4 Å². The molecule has 3 aliphatic rings. The van der Waals surface area contributed by atoms with Crippen molar-refractivity contribution < 1.29 is 4.74 Å². The SMILES string of the molecule is CN(c1nc(OC[C@@H]2CCCN2C)nc2c1CCN(c1cccc3cccc(Cl)c13)C2)C1CN(C#N)C1. The van der Waals surface area contributed by atoms with Crippen LogP contribution in [0.5, 0.6) is 6.01 Å². The number of nitriles is 1. The van der Waals surface area contributed by atoms with Crippen molar-refractivity contribution in [3.8, 4) is 12.2 Å². The van der Waals surface area contributed by atoms with E-state index in [1.54, 1.807) is 4.90 Å². The average Bonchev–Trinajstić information content (AvgIpc) is 3.30. The largest absolute Gasteiger partial charge is 0.462 e. The van der Waals surface area contributed by atoms with E-state index in [0.717, 1.165) is 72.0 Å². The van der Waals surface area contributed by atoms with Crippen molar-refractivity contribution in [3.05, 3.63) is 52.7 Å². The highest BCUT2D eigenvalue weighted by Crippen LogP contribution is 2.37. The summed E-state index contributed by atoms with van der Waals surface area (Å²) in [6, 6.07) is 13.5. The minimum atomic E-state index is 0.252. The molecule has 0 radical (unpaired) electrons. The van der Waals surface area contributed by atoms with E-state index in [4.69, 9.17) is 26.3 Å². The number of aromatic nitrogens is 2. The predicted molar refractivity (Wildman–Crippen MR) is 146 cm³/mol. The van der Waals surface area contributed by atoms with Crippen LogP contribution in [0, 0.1) is 11.5 Å². The summed E-state index contributed by atoms with van der Waals surface area (Å²) in [7, 11) is 4.23. The summed E-state index contributed by atoms with van der Waals surface area (Å²) in [4.78, 5) is 18.6. The van der Waals surface area contributed by atoms with E-state index >= 15 is 0 Å². The Morgan fingerprint density at radius 3 is 2.73 bits per heavy atom. The summed E-state index contributed by atoms with van der Waals surface area (Å²) in [6.45, 7) is 4.64. The van der Waals surface area contributed by atoms with Crippen LogP contribution in [0.3, 0.4) is 0 Å². The normalized spacial score (nSPS) is 20.0. The van der Waals surface area contributed by atoms with Gasteiger partial charge in [0.1, 0.15) is 12.4 Å². The zero-order valence-electron chi connectivity index (χ0n) is 21.4. The van der Waals surface area contributed by atoms with Crippen LogP contribution >= 0.6 is 11.6 Å². The first-order valence-electron chi connectivity index (χ1n) is 13.0. The number of likely N-dealkylation sites (N-methyl/N-ethyl adjacent to an activating group) is 2. The van der Waals surface area contributed by atoms with Crippen LogP contribution < -0.4 is 14.5 Å². The fourth-order valence-corrected chi connectivity index (χ4v) is 6.08. The number of fused-ring (bicyclic) bond motifs is 2. The number of halogens is 1. The van der Waals surface area contributed by atoms with Crippen LogP contribution in [0.25, 0.3) is 10.8 Å². The third kappa shape index (κ3) is 4.51. The van der Waals surface area contributed by atoms with Crippen LogP contribution in [-0.2, 0) is 13.0 Å². The number of hydrogen-bond acceptors (Lipinski definition) is 8. The van der Waals surface area contributed by atoms with Gasteiger partial charge in [0.2, 0.25) is 0 Å². The molecule has 2 saturated heterocycles. The van der Waals surface area contributed by atoms with Crippen LogP contribution in [0.15, 0.2) is 36.4 Å². The molecule has 2 aromatic carbocycles. The van der Waals surface area contributed by atoms with Crippen molar-refractivity contribution in [3.63, 3.8) is 0 Å². The van der Waals surface area contributed by atoms with E-state index < -0.39 is 0 Å². The number of ether oxygens (including phenoxy) is 1. The van der Waals surface area contributed by atoms with Gasteiger partial charge in [0.05, 0.1) is 36.4 Å². The van der Waals surface area contributed by atoms with E-state index in [2.05, 4.69) is 59.3 Å². The molecule has 6 rings (SSSR count). The second kappa shape index (κ2) is 9.88. The summed E-state index contributed by atoms with van der Waals surface area (Å²) in [6.07, 6.45) is 5.40. The highest BCUT2D eigenvalue weighted by molar-refractivity contribution is 6.36. The van der Waals surface area contributed by atoms with Crippen molar-refractivity contribution in [2.45, 2.75) is 37.9 Å². The third-order valence-electron chi connectivity index (χ3n) is 8.16. The van der Waals surface area contributed by atoms with Gasteiger partial charge < -0.3 is 24.3 Å². The molecule has 2 fully saturated rings. The zero-order chi connectivity index (χ0) is 25.5. The number of anilines is 2. The van der Waals surface area contributed by atoms with Gasteiger partial charge in [-0.15, -0.1) is 0 Å². The first kappa shape index (κ1) is 24.1. The lowest BCUT2D eigenvalue weighted by molar-refractivity contribution is 0.186. The van der Waals surface area contributed by atoms with Crippen molar-refractivity contribution >= 4 is 33.9 Å². The molecule has 3 aliphatic heterocycles. The summed E-state index contributed by atoms with van der Waals surface area (Å²) >= 11 is 6.66. The Hall–Kier alpha value is -3.28. The first-order chi connectivity index (χ1) is 18.0. The molecule has 192 valence electrons. The number of hydrogen-bond donors (Lipinski definition) is 0. The molecule has 0 spiro atoms. The summed E-state index contributed by atoms with van der Waals surface area (Å²) < 4.78 is 6.23. The smallest absolute Gasteiger partial charge is 0.318 e. The van der Waals surface area contributed by atoms with Gasteiger partial charge in [0.25, 0.3) is 0 Å². The van der Waals surface area contributed by atoms with E-state index in [1.165, 1.54) is 12.0 Å². The lowest BCUT2D eigenvalue weighted by Crippen LogP contribution is -2.57. The highest BCUT2D eigenvalue weighted by atomic mass is 35.5. The monoisotopic (exact) mass is 517 g/mol. The Kier molecular flexibility index (Phi) is 6.43. The average molecular weight is 518 g/mol. The molecule has 0 aliphatic carbocycles. The van der Waals surface area contributed by atoms with E-state index in [1.807, 2.05) is 12.1 Å². The van der Waals surface area contributed by atoms with Gasteiger partial charge in [-0.3, -0.25) is 0 Å². The van der Waals surface area contributed by atoms with Crippen molar-refractivity contribution in [1.82, 2.24) is 19.8 Å². The Bertz CT molecular complexity index is 1350. The molecule has 0 bridgehead atoms. The minimum Gasteiger partial charge on any atom is -0.462 e. The third-order valence-corrected chi connectivity index (χ3v) is 8.47. The zero-order valence-corrected chi connectivity index (χ0v) is 22.2. The second-order valence-electron chi connectivity index (χ2n) is 10.4. The molecule has 3 aromatic rings. The topological polar surface area (TPSA) is 71.8 Å². The number of nitrogens with zero attached hydrogens (tertiary/aromatic N) is 7. The lowest BCUT2D eigenvalue weighted by Gasteiger charge is -2.42. The molecular weight excluding hydrogens is 486 g/mol. The van der Waals surface area contributed by atoms with E-state index in [9.17, 15) is 5.26 Å². The first-order valence-corrected chi connectivity index (χ1v) is 13.4. The summed E-state index contributed by atoms with van der Waals surface area (Å²) in [5.41, 5.74) is 3.30.